The van der Waals surface area contributed by atoms with E-state index in [9.17, 15) is 8.42 Å². The van der Waals surface area contributed by atoms with Crippen molar-refractivity contribution in [2.75, 3.05) is 26.2 Å². The van der Waals surface area contributed by atoms with Gasteiger partial charge in [-0.25, -0.2) is 8.42 Å². The van der Waals surface area contributed by atoms with Crippen LogP contribution in [-0.4, -0.2) is 43.9 Å². The van der Waals surface area contributed by atoms with Crippen molar-refractivity contribution in [2.45, 2.75) is 4.21 Å². The Morgan fingerprint density at radius 1 is 1.15 bits per heavy atom. The van der Waals surface area contributed by atoms with Gasteiger partial charge < -0.3 is 5.32 Å². The Kier molecular flexibility index (Phi) is 3.84. The van der Waals surface area contributed by atoms with Crippen molar-refractivity contribution in [1.82, 2.24) is 14.6 Å². The SMILES string of the molecule is O=S(=O)(c1ccc(-c2ccccn2)s1)N1CCNCC1. The molecule has 3 heterocycles. The number of pyridine rings is 1. The first-order valence-electron chi connectivity index (χ1n) is 6.40. The number of hydrogen-bond acceptors (Lipinski definition) is 5. The Hall–Kier alpha value is -1.28. The van der Waals surface area contributed by atoms with E-state index in [1.165, 1.54) is 15.6 Å². The van der Waals surface area contributed by atoms with E-state index < -0.39 is 10.0 Å². The zero-order valence-corrected chi connectivity index (χ0v) is 12.5. The molecule has 0 aromatic carbocycles. The largest absolute Gasteiger partial charge is 0.314 e. The molecule has 2 aromatic heterocycles. The molecular formula is C13H15N3O2S2. The van der Waals surface area contributed by atoms with Crippen LogP contribution >= 0.6 is 11.3 Å². The molecule has 0 aliphatic carbocycles. The molecule has 7 heteroatoms. The summed E-state index contributed by atoms with van der Waals surface area (Å²) in [7, 11) is -3.37. The van der Waals surface area contributed by atoms with Crippen LogP contribution in [0.5, 0.6) is 0 Å². The smallest absolute Gasteiger partial charge is 0.252 e. The predicted octanol–water partition coefficient (Wildman–Crippen LogP) is 1.40. The van der Waals surface area contributed by atoms with Crippen molar-refractivity contribution in [3.8, 4) is 10.6 Å². The lowest BCUT2D eigenvalue weighted by Gasteiger charge is -2.25. The third kappa shape index (κ3) is 2.62. The number of nitrogens with one attached hydrogen (secondary N) is 1. The molecule has 5 nitrogen and oxygen atoms in total. The van der Waals surface area contributed by atoms with Crippen LogP contribution < -0.4 is 5.32 Å². The first kappa shape index (κ1) is 13.7. The zero-order chi connectivity index (χ0) is 14.0. The van der Waals surface area contributed by atoms with Crippen molar-refractivity contribution in [2.24, 2.45) is 0 Å². The molecule has 1 fully saturated rings. The molecule has 0 amide bonds. The number of sulfonamides is 1. The highest BCUT2D eigenvalue weighted by molar-refractivity contribution is 7.91. The predicted molar refractivity (Wildman–Crippen MR) is 79.2 cm³/mol. The highest BCUT2D eigenvalue weighted by Gasteiger charge is 2.27. The first-order valence-corrected chi connectivity index (χ1v) is 8.66. The van der Waals surface area contributed by atoms with Crippen molar-refractivity contribution < 1.29 is 8.42 Å². The Labute approximate surface area is 122 Å². The third-order valence-corrected chi connectivity index (χ3v) is 6.64. The Morgan fingerprint density at radius 3 is 2.65 bits per heavy atom. The summed E-state index contributed by atoms with van der Waals surface area (Å²) in [6.07, 6.45) is 1.71. The minimum absolute atomic E-state index is 0.389. The van der Waals surface area contributed by atoms with Gasteiger partial charge in [0, 0.05) is 32.4 Å². The topological polar surface area (TPSA) is 62.3 Å². The molecule has 106 valence electrons. The van der Waals surface area contributed by atoms with Gasteiger partial charge in [-0.05, 0) is 24.3 Å². The van der Waals surface area contributed by atoms with Crippen molar-refractivity contribution in [1.29, 1.82) is 0 Å². The molecule has 1 saturated heterocycles. The third-order valence-electron chi connectivity index (χ3n) is 3.17. The van der Waals surface area contributed by atoms with Crippen LogP contribution in [0.2, 0.25) is 0 Å². The minimum atomic E-state index is -3.37. The zero-order valence-electron chi connectivity index (χ0n) is 10.8. The maximum absolute atomic E-state index is 12.5. The fourth-order valence-corrected chi connectivity index (χ4v) is 5.00. The Bertz CT molecular complexity index is 677. The molecular weight excluding hydrogens is 294 g/mol. The molecule has 3 rings (SSSR count). The van der Waals surface area contributed by atoms with Crippen LogP contribution in [-0.2, 0) is 10.0 Å². The second kappa shape index (κ2) is 5.61. The summed E-state index contributed by atoms with van der Waals surface area (Å²) in [5.41, 5.74) is 0.805. The molecule has 0 bridgehead atoms. The second-order valence-electron chi connectivity index (χ2n) is 4.49. The van der Waals surface area contributed by atoms with Gasteiger partial charge in [0.15, 0.2) is 0 Å². The van der Waals surface area contributed by atoms with Gasteiger partial charge in [-0.15, -0.1) is 11.3 Å². The number of piperazine rings is 1. The number of nitrogens with zero attached hydrogens (tertiary/aromatic N) is 2. The molecule has 2 aromatic rings. The molecule has 20 heavy (non-hydrogen) atoms. The Morgan fingerprint density at radius 2 is 1.95 bits per heavy atom. The van der Waals surface area contributed by atoms with E-state index in [2.05, 4.69) is 10.3 Å². The van der Waals surface area contributed by atoms with Gasteiger partial charge in [-0.2, -0.15) is 4.31 Å². The lowest BCUT2D eigenvalue weighted by atomic mass is 10.3. The molecule has 0 saturated carbocycles. The molecule has 0 radical (unpaired) electrons. The fourth-order valence-electron chi connectivity index (χ4n) is 2.12. The highest BCUT2D eigenvalue weighted by Crippen LogP contribution is 2.31. The normalized spacial score (nSPS) is 17.2. The van der Waals surface area contributed by atoms with Crippen molar-refractivity contribution in [3.05, 3.63) is 36.5 Å². The summed E-state index contributed by atoms with van der Waals surface area (Å²) in [5.74, 6) is 0. The van der Waals surface area contributed by atoms with E-state index in [0.29, 0.717) is 30.4 Å². The van der Waals surface area contributed by atoms with Gasteiger partial charge in [0.25, 0.3) is 10.0 Å². The number of rotatable bonds is 3. The van der Waals surface area contributed by atoms with Gasteiger partial charge >= 0.3 is 0 Å². The number of hydrogen-bond donors (Lipinski definition) is 1. The molecule has 1 aliphatic rings. The standard InChI is InChI=1S/C13H15N3O2S2/c17-20(18,16-9-7-14-8-10-16)13-5-4-12(19-13)11-3-1-2-6-15-11/h1-6,14H,7-10H2. The van der Waals surface area contributed by atoms with E-state index in [4.69, 9.17) is 0 Å². The van der Waals surface area contributed by atoms with Crippen LogP contribution in [0.1, 0.15) is 0 Å². The number of aromatic nitrogens is 1. The first-order chi connectivity index (χ1) is 9.68. The summed E-state index contributed by atoms with van der Waals surface area (Å²) in [6.45, 7) is 2.47. The summed E-state index contributed by atoms with van der Waals surface area (Å²) >= 11 is 1.27. The molecule has 0 unspecified atom stereocenters. The Balaban J connectivity index is 1.89. The van der Waals surface area contributed by atoms with E-state index in [0.717, 1.165) is 10.6 Å². The fraction of sp³-hybridized carbons (Fsp3) is 0.308. The molecule has 0 spiro atoms. The summed E-state index contributed by atoms with van der Waals surface area (Å²) in [5, 5.41) is 3.16. The summed E-state index contributed by atoms with van der Waals surface area (Å²) in [4.78, 5) is 5.12. The van der Waals surface area contributed by atoms with E-state index >= 15 is 0 Å². The summed E-state index contributed by atoms with van der Waals surface area (Å²) in [6, 6.07) is 9.11. The lowest BCUT2D eigenvalue weighted by Crippen LogP contribution is -2.46. The van der Waals surface area contributed by atoms with Crippen LogP contribution in [0.15, 0.2) is 40.7 Å². The van der Waals surface area contributed by atoms with Gasteiger partial charge in [-0.1, -0.05) is 6.07 Å². The van der Waals surface area contributed by atoms with Crippen LogP contribution in [0.4, 0.5) is 0 Å². The van der Waals surface area contributed by atoms with E-state index in [1.54, 1.807) is 12.3 Å². The van der Waals surface area contributed by atoms with Crippen molar-refractivity contribution in [3.63, 3.8) is 0 Å². The van der Waals surface area contributed by atoms with E-state index in [1.807, 2.05) is 24.3 Å². The summed E-state index contributed by atoms with van der Waals surface area (Å²) < 4.78 is 27.0. The quantitative estimate of drug-likeness (QED) is 0.931. The minimum Gasteiger partial charge on any atom is -0.314 e. The van der Waals surface area contributed by atoms with Crippen LogP contribution in [0.25, 0.3) is 10.6 Å². The van der Waals surface area contributed by atoms with Gasteiger partial charge in [0.2, 0.25) is 0 Å². The lowest BCUT2D eigenvalue weighted by molar-refractivity contribution is 0.361. The van der Waals surface area contributed by atoms with E-state index in [-0.39, 0.29) is 0 Å². The number of thiophene rings is 1. The van der Waals surface area contributed by atoms with Gasteiger partial charge in [0.05, 0.1) is 10.6 Å². The average Bonchev–Trinajstić information content (AvgIpc) is 3.00. The molecule has 0 atom stereocenters. The average molecular weight is 309 g/mol. The monoisotopic (exact) mass is 309 g/mol. The van der Waals surface area contributed by atoms with Crippen molar-refractivity contribution >= 4 is 21.4 Å². The van der Waals surface area contributed by atoms with Crippen LogP contribution in [0.3, 0.4) is 0 Å². The van der Waals surface area contributed by atoms with Gasteiger partial charge in [0.1, 0.15) is 4.21 Å². The van der Waals surface area contributed by atoms with Crippen LogP contribution in [0, 0.1) is 0 Å². The van der Waals surface area contributed by atoms with Gasteiger partial charge in [-0.3, -0.25) is 4.98 Å². The molecule has 1 N–H and O–H groups in total. The second-order valence-corrected chi connectivity index (χ2v) is 7.74. The maximum atomic E-state index is 12.5. The molecule has 1 aliphatic heterocycles. The maximum Gasteiger partial charge on any atom is 0.252 e. The highest BCUT2D eigenvalue weighted by atomic mass is 32.2.